The number of aliphatic carboxylic acids is 4. The quantitative estimate of drug-likeness (QED) is 0.0311. The zero-order valence-corrected chi connectivity index (χ0v) is 48.0. The summed E-state index contributed by atoms with van der Waals surface area (Å²) in [5, 5.41) is 47.5. The fraction of sp³-hybridized carbons (Fsp3) is 0.807. The molecule has 4 amide bonds. The van der Waals surface area contributed by atoms with E-state index in [9.17, 15) is 68.1 Å². The first-order valence-electron chi connectivity index (χ1n) is 29.3. The molecular formula is C57H98N4O19. The summed E-state index contributed by atoms with van der Waals surface area (Å²) in [4.78, 5) is 132. The molecule has 0 aromatic rings. The summed E-state index contributed by atoms with van der Waals surface area (Å²) in [6.07, 6.45) is 18.0. The highest BCUT2D eigenvalue weighted by molar-refractivity contribution is 5.87. The normalized spacial score (nSPS) is 12.6. The molecule has 23 nitrogen and oxygen atoms in total. The Morgan fingerprint density at radius 2 is 0.838 bits per heavy atom. The first kappa shape index (κ1) is 74.6. The van der Waals surface area contributed by atoms with Crippen LogP contribution in [0.5, 0.6) is 0 Å². The van der Waals surface area contributed by atoms with Gasteiger partial charge in [-0.05, 0) is 57.8 Å². The Bertz CT molecular complexity index is 1800. The highest BCUT2D eigenvalue weighted by Crippen LogP contribution is 2.18. The maximum Gasteiger partial charge on any atom is 0.326 e. The molecular weight excluding hydrogens is 1040 g/mol. The van der Waals surface area contributed by atoms with Crippen LogP contribution in [0.1, 0.15) is 206 Å². The lowest BCUT2D eigenvalue weighted by Gasteiger charge is -2.16. The summed E-state index contributed by atoms with van der Waals surface area (Å²) >= 11 is 0. The van der Waals surface area contributed by atoms with Gasteiger partial charge in [-0.3, -0.25) is 43.2 Å². The number of carboxylic acids is 4. The van der Waals surface area contributed by atoms with E-state index in [2.05, 4.69) is 21.3 Å². The van der Waals surface area contributed by atoms with Gasteiger partial charge in [0.2, 0.25) is 23.6 Å². The number of nitrogens with one attached hydrogen (secondary N) is 4. The van der Waals surface area contributed by atoms with Crippen molar-refractivity contribution in [2.45, 2.75) is 219 Å². The standard InChI is InChI=1S/C57H98N4O19/c1-3-43(49(64)4-2)22-19-20-32-58-50(65)30-28-48(57(75)76)61-53(68)42-80-39-36-77-34-21-24-46(63)41-79-38-37-78-35-33-59-51(66)31-27-47(56(73)74)60-52(67)29-26-44(55(71)72)40-45(62)23-17-15-13-11-9-7-5-6-8-10-12-14-16-18-25-54(69)70/h43-44,47-48H,3-42H2,1-2H3,(H,58,65)(H,59,66)(H,60,67)(H,61,68)(H,69,70)(H,71,72)(H,73,74)(H,75,76)/t43-,44+,47-,48-/m0/s1. The van der Waals surface area contributed by atoms with Gasteiger partial charge in [-0.25, -0.2) is 9.59 Å². The maximum absolute atomic E-state index is 12.6. The highest BCUT2D eigenvalue weighted by Gasteiger charge is 2.26. The third-order valence-corrected chi connectivity index (χ3v) is 13.4. The Morgan fingerprint density at radius 3 is 1.35 bits per heavy atom. The van der Waals surface area contributed by atoms with E-state index in [4.69, 9.17) is 24.1 Å². The number of carbonyl (C=O) groups is 11. The molecule has 23 heteroatoms. The molecule has 0 aromatic heterocycles. The molecule has 0 unspecified atom stereocenters. The molecule has 4 atom stereocenters. The van der Waals surface area contributed by atoms with Crippen molar-refractivity contribution in [2.24, 2.45) is 11.8 Å². The van der Waals surface area contributed by atoms with Crippen molar-refractivity contribution < 1.29 is 92.1 Å². The van der Waals surface area contributed by atoms with Crippen molar-refractivity contribution in [3.63, 3.8) is 0 Å². The largest absolute Gasteiger partial charge is 0.481 e. The van der Waals surface area contributed by atoms with E-state index in [-0.39, 0.29) is 146 Å². The van der Waals surface area contributed by atoms with Gasteiger partial charge < -0.3 is 60.6 Å². The minimum absolute atomic E-state index is 0.0340. The predicted molar refractivity (Wildman–Crippen MR) is 296 cm³/mol. The monoisotopic (exact) mass is 1140 g/mol. The Kier molecular flexibility index (Phi) is 47.2. The molecule has 460 valence electrons. The average molecular weight is 1140 g/mol. The summed E-state index contributed by atoms with van der Waals surface area (Å²) in [7, 11) is 0. The second-order valence-corrected chi connectivity index (χ2v) is 20.2. The molecule has 80 heavy (non-hydrogen) atoms. The lowest BCUT2D eigenvalue weighted by atomic mass is 9.93. The molecule has 8 N–H and O–H groups in total. The lowest BCUT2D eigenvalue weighted by Crippen LogP contribution is -2.43. The topological polar surface area (TPSA) is 354 Å². The van der Waals surface area contributed by atoms with Gasteiger partial charge in [-0.1, -0.05) is 97.3 Å². The first-order valence-corrected chi connectivity index (χ1v) is 29.3. The number of Topliss-reactive ketones (excluding diaryl/α,β-unsaturated/α-hetero) is 3. The Balaban J connectivity index is 4.01. The highest BCUT2D eigenvalue weighted by atomic mass is 16.5. The third kappa shape index (κ3) is 45.4. The van der Waals surface area contributed by atoms with E-state index in [1.165, 1.54) is 32.1 Å². The van der Waals surface area contributed by atoms with Crippen molar-refractivity contribution in [1.29, 1.82) is 0 Å². The van der Waals surface area contributed by atoms with Crippen LogP contribution in [0.2, 0.25) is 0 Å². The fourth-order valence-electron chi connectivity index (χ4n) is 8.58. The zero-order valence-electron chi connectivity index (χ0n) is 48.0. The van der Waals surface area contributed by atoms with Gasteiger partial charge in [0.05, 0.1) is 39.0 Å². The number of ether oxygens (including phenoxy) is 4. The molecule has 0 aliphatic carbocycles. The minimum Gasteiger partial charge on any atom is -0.481 e. The lowest BCUT2D eigenvalue weighted by molar-refractivity contribution is -0.145. The smallest absolute Gasteiger partial charge is 0.326 e. The van der Waals surface area contributed by atoms with E-state index in [0.29, 0.717) is 32.2 Å². The molecule has 0 aromatic carbocycles. The first-order chi connectivity index (χ1) is 38.4. The number of hydrogen-bond acceptors (Lipinski definition) is 15. The van der Waals surface area contributed by atoms with Gasteiger partial charge >= 0.3 is 23.9 Å². The van der Waals surface area contributed by atoms with Crippen LogP contribution in [-0.2, 0) is 71.7 Å². The number of rotatable bonds is 58. The molecule has 0 spiro atoms. The number of amides is 4. The Morgan fingerprint density at radius 1 is 0.375 bits per heavy atom. The van der Waals surface area contributed by atoms with E-state index in [1.54, 1.807) is 0 Å². The number of unbranched alkanes of at least 4 members (excludes halogenated alkanes) is 14. The van der Waals surface area contributed by atoms with Crippen molar-refractivity contribution in [2.75, 3.05) is 65.9 Å². The van der Waals surface area contributed by atoms with E-state index < -0.39 is 66.2 Å². The number of carboxylic acid groups (broad SMARTS) is 4. The Hall–Kier alpha value is -5.39. The summed E-state index contributed by atoms with van der Waals surface area (Å²) < 4.78 is 21.4. The molecule has 0 radical (unpaired) electrons. The molecule has 0 bridgehead atoms. The van der Waals surface area contributed by atoms with Crippen LogP contribution < -0.4 is 21.3 Å². The number of carbonyl (C=O) groups excluding carboxylic acids is 7. The summed E-state index contributed by atoms with van der Waals surface area (Å²) in [6.45, 7) is 4.58. The molecule has 0 heterocycles. The van der Waals surface area contributed by atoms with Gasteiger partial charge in [-0.2, -0.15) is 0 Å². The SMILES string of the molecule is CCC(=O)[C@@H](CC)CCCCNC(=O)CC[C@H](NC(=O)COCCOCCCC(=O)COCCOCCNC(=O)CC[C@H](NC(=O)CC[C@H](CC(=O)CCCCCCCCCCCCCCCCC(=O)O)C(=O)O)C(=O)O)C(=O)O. The van der Waals surface area contributed by atoms with Crippen molar-refractivity contribution in [1.82, 2.24) is 21.3 Å². The Labute approximate surface area is 473 Å². The molecule has 0 aliphatic heterocycles. The van der Waals surface area contributed by atoms with Crippen LogP contribution in [0, 0.1) is 11.8 Å². The molecule has 0 saturated heterocycles. The summed E-state index contributed by atoms with van der Waals surface area (Å²) in [5.41, 5.74) is 0. The maximum atomic E-state index is 12.6. The summed E-state index contributed by atoms with van der Waals surface area (Å²) in [6, 6.07) is -2.65. The van der Waals surface area contributed by atoms with Crippen molar-refractivity contribution in [3.8, 4) is 0 Å². The molecule has 0 saturated carbocycles. The van der Waals surface area contributed by atoms with Crippen molar-refractivity contribution >= 4 is 64.9 Å². The van der Waals surface area contributed by atoms with E-state index >= 15 is 0 Å². The van der Waals surface area contributed by atoms with Crippen LogP contribution >= 0.6 is 0 Å². The average Bonchev–Trinajstić information content (AvgIpc) is 3.41. The van der Waals surface area contributed by atoms with Gasteiger partial charge in [-0.15, -0.1) is 0 Å². The number of ketones is 3. The predicted octanol–water partition coefficient (Wildman–Crippen LogP) is 6.28. The molecule has 0 fully saturated rings. The third-order valence-electron chi connectivity index (χ3n) is 13.4. The van der Waals surface area contributed by atoms with Crippen LogP contribution in [0.3, 0.4) is 0 Å². The second kappa shape index (κ2) is 50.6. The molecule has 0 aliphatic rings. The van der Waals surface area contributed by atoms with E-state index in [0.717, 1.165) is 70.6 Å². The van der Waals surface area contributed by atoms with Gasteiger partial charge in [0.15, 0.2) is 5.78 Å². The summed E-state index contributed by atoms with van der Waals surface area (Å²) in [5.74, 6) is -7.90. The minimum atomic E-state index is -1.39. The van der Waals surface area contributed by atoms with Crippen LogP contribution in [0.4, 0.5) is 0 Å². The number of hydrogen-bond donors (Lipinski definition) is 8. The van der Waals surface area contributed by atoms with E-state index in [1.807, 2.05) is 13.8 Å². The van der Waals surface area contributed by atoms with Gasteiger partial charge in [0.25, 0.3) is 0 Å². The second-order valence-electron chi connectivity index (χ2n) is 20.2. The van der Waals surface area contributed by atoms with Crippen LogP contribution in [-0.4, -0.2) is 163 Å². The van der Waals surface area contributed by atoms with Gasteiger partial charge in [0.1, 0.15) is 36.9 Å². The molecule has 0 rings (SSSR count). The zero-order chi connectivity index (χ0) is 59.6. The van der Waals surface area contributed by atoms with Crippen molar-refractivity contribution in [3.05, 3.63) is 0 Å². The van der Waals surface area contributed by atoms with Gasteiger partial charge in [0, 0.05) is 77.0 Å². The van der Waals surface area contributed by atoms with Crippen LogP contribution in [0.25, 0.3) is 0 Å². The fourth-order valence-corrected chi connectivity index (χ4v) is 8.58. The van der Waals surface area contributed by atoms with Crippen LogP contribution in [0.15, 0.2) is 0 Å².